The fraction of sp³-hybridized carbons (Fsp3) is 0.185. The quantitative estimate of drug-likeness (QED) is 0.334. The van der Waals surface area contributed by atoms with Crippen molar-refractivity contribution in [2.75, 3.05) is 6.61 Å². The zero-order chi connectivity index (χ0) is 25.1. The largest absolute Gasteiger partial charge is 0.462 e. The molecule has 8 nitrogen and oxygen atoms in total. The van der Waals surface area contributed by atoms with Crippen molar-refractivity contribution in [2.45, 2.75) is 27.3 Å². The second kappa shape index (κ2) is 9.80. The van der Waals surface area contributed by atoms with Gasteiger partial charge in [-0.15, -0.1) is 0 Å². The number of hydrogen-bond acceptors (Lipinski definition) is 5. The van der Waals surface area contributed by atoms with E-state index in [-0.39, 0.29) is 18.1 Å². The summed E-state index contributed by atoms with van der Waals surface area (Å²) in [5.41, 5.74) is 4.27. The topological polar surface area (TPSA) is 97.7 Å². The molecule has 0 atom stereocenters. The summed E-state index contributed by atoms with van der Waals surface area (Å²) in [6.45, 7) is 5.89. The molecule has 1 saturated heterocycles. The Morgan fingerprint density at radius 2 is 1.69 bits per heavy atom. The number of amides is 4. The van der Waals surface area contributed by atoms with Gasteiger partial charge in [0.2, 0.25) is 0 Å². The summed E-state index contributed by atoms with van der Waals surface area (Å²) in [5.74, 6) is -1.76. The molecular weight excluding hydrogens is 446 g/mol. The Labute approximate surface area is 202 Å². The van der Waals surface area contributed by atoms with Gasteiger partial charge in [-0.05, 0) is 68.3 Å². The van der Waals surface area contributed by atoms with E-state index >= 15 is 0 Å². The van der Waals surface area contributed by atoms with Gasteiger partial charge in [0.25, 0.3) is 11.8 Å². The molecule has 2 heterocycles. The van der Waals surface area contributed by atoms with Crippen LogP contribution in [-0.4, -0.2) is 39.9 Å². The van der Waals surface area contributed by atoms with Crippen LogP contribution in [0, 0.1) is 13.8 Å². The molecule has 0 aliphatic carbocycles. The molecule has 1 aliphatic rings. The minimum atomic E-state index is -0.742. The van der Waals surface area contributed by atoms with Crippen molar-refractivity contribution in [2.24, 2.45) is 0 Å². The summed E-state index contributed by atoms with van der Waals surface area (Å²) < 4.78 is 6.99. The van der Waals surface area contributed by atoms with Gasteiger partial charge in [-0.3, -0.25) is 19.8 Å². The molecule has 0 bridgehead atoms. The highest BCUT2D eigenvalue weighted by Crippen LogP contribution is 2.25. The molecule has 0 unspecified atom stereocenters. The fourth-order valence-electron chi connectivity index (χ4n) is 4.05. The van der Waals surface area contributed by atoms with Crippen molar-refractivity contribution in [3.63, 3.8) is 0 Å². The van der Waals surface area contributed by atoms with Gasteiger partial charge >= 0.3 is 12.0 Å². The molecule has 178 valence electrons. The van der Waals surface area contributed by atoms with E-state index in [1.807, 2.05) is 54.8 Å². The maximum Gasteiger partial charge on any atom is 0.338 e. The van der Waals surface area contributed by atoms with E-state index in [0.717, 1.165) is 27.5 Å². The van der Waals surface area contributed by atoms with Crippen molar-refractivity contribution in [1.82, 2.24) is 14.8 Å². The van der Waals surface area contributed by atoms with E-state index in [4.69, 9.17) is 4.74 Å². The van der Waals surface area contributed by atoms with E-state index in [9.17, 15) is 19.2 Å². The number of esters is 1. The number of carbonyl (C=O) groups excluding carboxylic acids is 4. The molecule has 4 amide bonds. The summed E-state index contributed by atoms with van der Waals surface area (Å²) in [7, 11) is 0. The molecule has 1 aromatic heterocycles. The van der Waals surface area contributed by atoms with Gasteiger partial charge in [0.05, 0.1) is 18.7 Å². The second-order valence-corrected chi connectivity index (χ2v) is 8.12. The van der Waals surface area contributed by atoms with Crippen LogP contribution in [0.2, 0.25) is 0 Å². The number of benzene rings is 2. The molecule has 3 aromatic rings. The van der Waals surface area contributed by atoms with Crippen LogP contribution < -0.4 is 5.32 Å². The van der Waals surface area contributed by atoms with Crippen LogP contribution >= 0.6 is 0 Å². The second-order valence-electron chi connectivity index (χ2n) is 8.12. The fourth-order valence-corrected chi connectivity index (χ4v) is 4.05. The summed E-state index contributed by atoms with van der Waals surface area (Å²) in [6.07, 6.45) is 1.51. The number of ether oxygens (including phenoxy) is 1. The molecule has 1 fully saturated rings. The number of barbiturate groups is 1. The van der Waals surface area contributed by atoms with Crippen LogP contribution in [0.3, 0.4) is 0 Å². The molecule has 0 saturated carbocycles. The Bertz CT molecular complexity index is 1340. The molecule has 35 heavy (non-hydrogen) atoms. The number of aromatic nitrogens is 1. The summed E-state index contributed by atoms with van der Waals surface area (Å²) >= 11 is 0. The number of rotatable bonds is 6. The highest BCUT2D eigenvalue weighted by Gasteiger charge is 2.36. The van der Waals surface area contributed by atoms with Crippen molar-refractivity contribution in [3.8, 4) is 5.69 Å². The zero-order valence-corrected chi connectivity index (χ0v) is 19.7. The Morgan fingerprint density at radius 1 is 1.00 bits per heavy atom. The predicted molar refractivity (Wildman–Crippen MR) is 130 cm³/mol. The van der Waals surface area contributed by atoms with E-state index in [1.54, 1.807) is 31.2 Å². The smallest absolute Gasteiger partial charge is 0.338 e. The normalized spacial score (nSPS) is 14.9. The van der Waals surface area contributed by atoms with Crippen molar-refractivity contribution in [3.05, 3.63) is 94.3 Å². The van der Waals surface area contributed by atoms with E-state index in [1.165, 1.54) is 6.08 Å². The Balaban J connectivity index is 1.64. The Kier molecular flexibility index (Phi) is 6.64. The Hall–Kier alpha value is -4.46. The van der Waals surface area contributed by atoms with Gasteiger partial charge in [0.1, 0.15) is 5.57 Å². The number of urea groups is 1. The first kappa shape index (κ1) is 23.7. The first-order valence-corrected chi connectivity index (χ1v) is 11.2. The molecule has 0 spiro atoms. The summed E-state index contributed by atoms with van der Waals surface area (Å²) in [6, 6.07) is 17.2. The van der Waals surface area contributed by atoms with Crippen LogP contribution in [0.15, 0.2) is 66.2 Å². The average molecular weight is 472 g/mol. The minimum absolute atomic E-state index is 0.0575. The zero-order valence-electron chi connectivity index (χ0n) is 19.7. The predicted octanol–water partition coefficient (Wildman–Crippen LogP) is 3.93. The Morgan fingerprint density at radius 3 is 2.34 bits per heavy atom. The van der Waals surface area contributed by atoms with Crippen molar-refractivity contribution in [1.29, 1.82) is 0 Å². The minimum Gasteiger partial charge on any atom is -0.462 e. The first-order chi connectivity index (χ1) is 16.8. The lowest BCUT2D eigenvalue weighted by Gasteiger charge is -2.26. The van der Waals surface area contributed by atoms with Crippen LogP contribution in [0.5, 0.6) is 0 Å². The number of hydrogen-bond donors (Lipinski definition) is 1. The number of nitrogens with zero attached hydrogens (tertiary/aromatic N) is 2. The number of aryl methyl sites for hydroxylation is 1. The van der Waals surface area contributed by atoms with Gasteiger partial charge in [-0.1, -0.05) is 30.3 Å². The van der Waals surface area contributed by atoms with Crippen LogP contribution in [-0.2, 0) is 20.9 Å². The van der Waals surface area contributed by atoms with E-state index in [0.29, 0.717) is 17.7 Å². The number of carbonyl (C=O) groups is 4. The van der Waals surface area contributed by atoms with Crippen molar-refractivity contribution >= 4 is 29.9 Å². The van der Waals surface area contributed by atoms with Gasteiger partial charge < -0.3 is 9.30 Å². The van der Waals surface area contributed by atoms with Crippen molar-refractivity contribution < 1.29 is 23.9 Å². The maximum atomic E-state index is 13.1. The highest BCUT2D eigenvalue weighted by atomic mass is 16.5. The first-order valence-electron chi connectivity index (χ1n) is 11.2. The van der Waals surface area contributed by atoms with Crippen LogP contribution in [0.4, 0.5) is 4.79 Å². The lowest BCUT2D eigenvalue weighted by Crippen LogP contribution is -2.53. The molecule has 8 heteroatoms. The van der Waals surface area contributed by atoms with E-state index in [2.05, 4.69) is 5.32 Å². The van der Waals surface area contributed by atoms with Gasteiger partial charge in [-0.2, -0.15) is 0 Å². The third kappa shape index (κ3) is 4.77. The monoisotopic (exact) mass is 471 g/mol. The highest BCUT2D eigenvalue weighted by molar-refractivity contribution is 6.31. The molecule has 0 radical (unpaired) electrons. The molecule has 1 aliphatic heterocycles. The van der Waals surface area contributed by atoms with E-state index < -0.39 is 17.8 Å². The van der Waals surface area contributed by atoms with Gasteiger partial charge in [0.15, 0.2) is 0 Å². The lowest BCUT2D eigenvalue weighted by atomic mass is 10.1. The third-order valence-corrected chi connectivity index (χ3v) is 5.78. The molecule has 4 rings (SSSR count). The third-order valence-electron chi connectivity index (χ3n) is 5.78. The lowest BCUT2D eigenvalue weighted by molar-refractivity contribution is -0.130. The molecular formula is C27H25N3O5. The average Bonchev–Trinajstić information content (AvgIpc) is 3.13. The SMILES string of the molecule is CCOC(=O)c1ccc(-n2c(C)cc(/C=C3\C(=O)NC(=O)N(Cc4ccccc4)C3=O)c2C)cc1. The van der Waals surface area contributed by atoms with Gasteiger partial charge in [0, 0.05) is 17.1 Å². The summed E-state index contributed by atoms with van der Waals surface area (Å²) in [5, 5.41) is 2.26. The standard InChI is InChI=1S/C27H25N3O5/c1-4-35-26(33)20-10-12-22(13-11-20)30-17(2)14-21(18(30)3)15-23-24(31)28-27(34)29(25(23)32)16-19-8-6-5-7-9-19/h5-15H,4,16H2,1-3H3,(H,28,31,34)/b23-15+. The number of nitrogens with one attached hydrogen (secondary N) is 1. The maximum absolute atomic E-state index is 13.1. The molecule has 2 aromatic carbocycles. The van der Waals surface area contributed by atoms with Gasteiger partial charge in [-0.25, -0.2) is 9.59 Å². The van der Waals surface area contributed by atoms with Crippen LogP contribution in [0.25, 0.3) is 11.8 Å². The van der Waals surface area contributed by atoms with Crippen LogP contribution in [0.1, 0.15) is 39.8 Å². The summed E-state index contributed by atoms with van der Waals surface area (Å²) in [4.78, 5) is 51.0. The molecule has 1 N–H and O–H groups in total. The number of imide groups is 2.